The summed E-state index contributed by atoms with van der Waals surface area (Å²) in [5, 5.41) is 15.9. The second kappa shape index (κ2) is 6.73. The van der Waals surface area contributed by atoms with Crippen LogP contribution in [0.25, 0.3) is 11.4 Å². The normalized spacial score (nSPS) is 10.4. The van der Waals surface area contributed by atoms with E-state index in [-0.39, 0.29) is 16.3 Å². The summed E-state index contributed by atoms with van der Waals surface area (Å²) in [6.07, 6.45) is 1.64. The smallest absolute Gasteiger partial charge is 0.283 e. The summed E-state index contributed by atoms with van der Waals surface area (Å²) >= 11 is 6.95. The first-order valence-electron chi connectivity index (χ1n) is 6.67. The Bertz CT molecular complexity index is 914. The predicted octanol–water partition coefficient (Wildman–Crippen LogP) is 4.02. The van der Waals surface area contributed by atoms with Crippen molar-refractivity contribution in [3.8, 4) is 11.4 Å². The van der Waals surface area contributed by atoms with Crippen molar-refractivity contribution in [1.29, 1.82) is 0 Å². The number of thiazole rings is 1. The van der Waals surface area contributed by atoms with Crippen LogP contribution in [0.5, 0.6) is 0 Å². The van der Waals surface area contributed by atoms with Crippen LogP contribution in [0.2, 0.25) is 5.02 Å². The van der Waals surface area contributed by atoms with E-state index >= 15 is 0 Å². The number of hydrogen-bond donors (Lipinski definition) is 1. The number of amides is 1. The number of benzene rings is 1. The summed E-state index contributed by atoms with van der Waals surface area (Å²) in [5.74, 6) is -0.625. The van der Waals surface area contributed by atoms with Crippen molar-refractivity contribution in [3.63, 3.8) is 0 Å². The summed E-state index contributed by atoms with van der Waals surface area (Å²) in [4.78, 5) is 31.1. The molecule has 0 spiro atoms. The molecular weight excluding hydrogens is 352 g/mol. The fourth-order valence-corrected chi connectivity index (χ4v) is 2.84. The minimum absolute atomic E-state index is 0.0843. The molecule has 0 atom stereocenters. The van der Waals surface area contributed by atoms with Crippen LogP contribution in [0, 0.1) is 10.1 Å². The average molecular weight is 361 g/mol. The molecule has 3 aromatic rings. The number of nitrogens with zero attached hydrogens (tertiary/aromatic N) is 3. The third-order valence-electron chi connectivity index (χ3n) is 3.05. The lowest BCUT2D eigenvalue weighted by Gasteiger charge is -2.03. The highest BCUT2D eigenvalue weighted by Crippen LogP contribution is 2.26. The van der Waals surface area contributed by atoms with Gasteiger partial charge >= 0.3 is 0 Å². The van der Waals surface area contributed by atoms with E-state index in [0.29, 0.717) is 16.5 Å². The van der Waals surface area contributed by atoms with E-state index in [9.17, 15) is 14.9 Å². The standard InChI is InChI=1S/C15H9ClN4O3S/c16-9-4-5-10(13(7-9)20(22)23)14(21)19-15-18-12(8-24-15)11-3-1-2-6-17-11/h1-8H,(H,18,19,21). The molecule has 1 amide bonds. The van der Waals surface area contributed by atoms with Crippen LogP contribution in [0.4, 0.5) is 10.8 Å². The number of rotatable bonds is 4. The van der Waals surface area contributed by atoms with Crippen molar-refractivity contribution < 1.29 is 9.72 Å². The molecule has 3 rings (SSSR count). The van der Waals surface area contributed by atoms with Gasteiger partial charge in [-0.3, -0.25) is 25.2 Å². The summed E-state index contributed by atoms with van der Waals surface area (Å²) in [6, 6.07) is 9.28. The van der Waals surface area contributed by atoms with Gasteiger partial charge in [0.1, 0.15) is 11.3 Å². The maximum atomic E-state index is 12.3. The molecule has 0 radical (unpaired) electrons. The van der Waals surface area contributed by atoms with Crippen molar-refractivity contribution in [3.05, 3.63) is 68.7 Å². The Morgan fingerprint density at radius 1 is 1.25 bits per heavy atom. The predicted molar refractivity (Wildman–Crippen MR) is 91.4 cm³/mol. The van der Waals surface area contributed by atoms with Crippen molar-refractivity contribution >= 4 is 39.7 Å². The number of nitrogens with one attached hydrogen (secondary N) is 1. The molecule has 7 nitrogen and oxygen atoms in total. The molecule has 1 N–H and O–H groups in total. The number of nitro benzene ring substituents is 1. The third kappa shape index (κ3) is 3.39. The first-order chi connectivity index (χ1) is 11.5. The Balaban J connectivity index is 1.84. The molecule has 2 heterocycles. The number of aromatic nitrogens is 2. The maximum Gasteiger partial charge on any atom is 0.283 e. The van der Waals surface area contributed by atoms with Crippen molar-refractivity contribution in [2.45, 2.75) is 0 Å². The first kappa shape index (κ1) is 16.0. The molecule has 0 bridgehead atoms. The highest BCUT2D eigenvalue weighted by molar-refractivity contribution is 7.14. The van der Waals surface area contributed by atoms with Crippen LogP contribution in [0.3, 0.4) is 0 Å². The topological polar surface area (TPSA) is 98.0 Å². The Morgan fingerprint density at radius 2 is 2.08 bits per heavy atom. The van der Waals surface area contributed by atoms with Gasteiger partial charge in [0, 0.05) is 22.7 Å². The quantitative estimate of drug-likeness (QED) is 0.559. The van der Waals surface area contributed by atoms with E-state index < -0.39 is 10.8 Å². The van der Waals surface area contributed by atoms with Gasteiger partial charge in [0.15, 0.2) is 5.13 Å². The van der Waals surface area contributed by atoms with Crippen LogP contribution in [0.1, 0.15) is 10.4 Å². The number of nitro groups is 1. The molecule has 0 saturated carbocycles. The number of pyridine rings is 1. The van der Waals surface area contributed by atoms with Gasteiger partial charge in [0.05, 0.1) is 10.6 Å². The SMILES string of the molecule is O=C(Nc1nc(-c2ccccn2)cs1)c1ccc(Cl)cc1[N+](=O)[O-]. The largest absolute Gasteiger partial charge is 0.298 e. The zero-order chi connectivity index (χ0) is 17.1. The van der Waals surface area contributed by atoms with E-state index in [4.69, 9.17) is 11.6 Å². The van der Waals surface area contributed by atoms with Crippen LogP contribution in [0.15, 0.2) is 48.0 Å². The van der Waals surface area contributed by atoms with Crippen LogP contribution < -0.4 is 5.32 Å². The number of carbonyl (C=O) groups excluding carboxylic acids is 1. The van der Waals surface area contributed by atoms with Gasteiger partial charge in [-0.1, -0.05) is 17.7 Å². The number of carbonyl (C=O) groups is 1. The zero-order valence-corrected chi connectivity index (χ0v) is 13.5. The molecule has 24 heavy (non-hydrogen) atoms. The van der Waals surface area contributed by atoms with Crippen molar-refractivity contribution in [1.82, 2.24) is 9.97 Å². The summed E-state index contributed by atoms with van der Waals surface area (Å²) < 4.78 is 0. The Morgan fingerprint density at radius 3 is 2.79 bits per heavy atom. The van der Waals surface area contributed by atoms with Crippen LogP contribution >= 0.6 is 22.9 Å². The summed E-state index contributed by atoms with van der Waals surface area (Å²) in [7, 11) is 0. The van der Waals surface area contributed by atoms with E-state index in [1.165, 1.54) is 23.5 Å². The van der Waals surface area contributed by atoms with Gasteiger partial charge in [0.2, 0.25) is 0 Å². The van der Waals surface area contributed by atoms with Crippen LogP contribution in [-0.4, -0.2) is 20.8 Å². The zero-order valence-electron chi connectivity index (χ0n) is 12.0. The van der Waals surface area contributed by atoms with Gasteiger partial charge in [-0.15, -0.1) is 11.3 Å². The Hall–Kier alpha value is -2.84. The fraction of sp³-hybridized carbons (Fsp3) is 0. The highest BCUT2D eigenvalue weighted by Gasteiger charge is 2.21. The van der Waals surface area contributed by atoms with Crippen LogP contribution in [-0.2, 0) is 0 Å². The van der Waals surface area contributed by atoms with Gasteiger partial charge in [-0.25, -0.2) is 4.98 Å². The minimum atomic E-state index is -0.651. The molecule has 1 aromatic carbocycles. The molecular formula is C15H9ClN4O3S. The third-order valence-corrected chi connectivity index (χ3v) is 4.05. The molecule has 0 aliphatic carbocycles. The molecule has 2 aromatic heterocycles. The van der Waals surface area contributed by atoms with E-state index in [1.54, 1.807) is 23.7 Å². The van der Waals surface area contributed by atoms with E-state index in [2.05, 4.69) is 15.3 Å². The summed E-state index contributed by atoms with van der Waals surface area (Å²) in [5.41, 5.74) is 0.841. The molecule has 0 fully saturated rings. The number of halogens is 1. The molecule has 0 aliphatic heterocycles. The van der Waals surface area contributed by atoms with Crippen molar-refractivity contribution in [2.24, 2.45) is 0 Å². The van der Waals surface area contributed by atoms with Crippen molar-refractivity contribution in [2.75, 3.05) is 5.32 Å². The lowest BCUT2D eigenvalue weighted by Crippen LogP contribution is -2.13. The molecule has 0 unspecified atom stereocenters. The first-order valence-corrected chi connectivity index (χ1v) is 7.92. The van der Waals surface area contributed by atoms with Gasteiger partial charge in [-0.05, 0) is 24.3 Å². The average Bonchev–Trinajstić information content (AvgIpc) is 3.04. The Kier molecular flexibility index (Phi) is 4.50. The molecule has 120 valence electrons. The second-order valence-electron chi connectivity index (χ2n) is 4.63. The van der Waals surface area contributed by atoms with E-state index in [1.807, 2.05) is 6.07 Å². The lowest BCUT2D eigenvalue weighted by atomic mass is 10.1. The number of anilines is 1. The van der Waals surface area contributed by atoms with E-state index in [0.717, 1.165) is 6.07 Å². The highest BCUT2D eigenvalue weighted by atomic mass is 35.5. The van der Waals surface area contributed by atoms with Gasteiger partial charge in [0.25, 0.3) is 11.6 Å². The number of hydrogen-bond acceptors (Lipinski definition) is 6. The lowest BCUT2D eigenvalue weighted by molar-refractivity contribution is -0.385. The molecule has 0 aliphatic rings. The summed E-state index contributed by atoms with van der Waals surface area (Å²) in [6.45, 7) is 0. The monoisotopic (exact) mass is 360 g/mol. The minimum Gasteiger partial charge on any atom is -0.298 e. The fourth-order valence-electron chi connectivity index (χ4n) is 1.98. The second-order valence-corrected chi connectivity index (χ2v) is 5.92. The molecule has 0 saturated heterocycles. The maximum absolute atomic E-state index is 12.3. The van der Waals surface area contributed by atoms with Gasteiger partial charge in [-0.2, -0.15) is 0 Å². The van der Waals surface area contributed by atoms with Gasteiger partial charge < -0.3 is 0 Å². The Labute approximate surface area is 145 Å². The molecule has 9 heteroatoms.